The molecule has 1 amide bonds. The Morgan fingerprint density at radius 2 is 1.88 bits per heavy atom. The van der Waals surface area contributed by atoms with E-state index in [0.29, 0.717) is 5.69 Å². The predicted octanol–water partition coefficient (Wildman–Crippen LogP) is 4.31. The van der Waals surface area contributed by atoms with Crippen molar-refractivity contribution in [2.45, 2.75) is 34.1 Å². The van der Waals surface area contributed by atoms with Crippen molar-refractivity contribution in [2.75, 3.05) is 35.2 Å². The molecule has 0 fully saturated rings. The van der Waals surface area contributed by atoms with Crippen LogP contribution in [0.2, 0.25) is 0 Å². The second kappa shape index (κ2) is 9.06. The topological polar surface area (TPSA) is 57.3 Å². The largest absolute Gasteiger partial charge is 0.384 e. The molecule has 25 heavy (non-hydrogen) atoms. The van der Waals surface area contributed by atoms with Crippen LogP contribution in [0.1, 0.15) is 43.2 Å². The molecular weight excluding hydrogens is 312 g/mol. The van der Waals surface area contributed by atoms with Crippen molar-refractivity contribution in [3.63, 3.8) is 0 Å². The Bertz CT molecular complexity index is 693. The van der Waals surface area contributed by atoms with E-state index < -0.39 is 0 Å². The van der Waals surface area contributed by atoms with Gasteiger partial charge in [-0.3, -0.25) is 4.79 Å². The Morgan fingerprint density at radius 1 is 1.12 bits per heavy atom. The van der Waals surface area contributed by atoms with Crippen LogP contribution in [0, 0.1) is 6.92 Å². The molecule has 0 radical (unpaired) electrons. The molecule has 2 rings (SSSR count). The molecule has 0 aliphatic carbocycles. The van der Waals surface area contributed by atoms with Crippen molar-refractivity contribution in [1.29, 1.82) is 0 Å². The fourth-order valence-electron chi connectivity index (χ4n) is 2.66. The van der Waals surface area contributed by atoms with Crippen molar-refractivity contribution in [2.24, 2.45) is 0 Å². The minimum Gasteiger partial charge on any atom is -0.384 e. The number of hydrogen-bond donors (Lipinski definition) is 2. The minimum atomic E-state index is -0.194. The predicted molar refractivity (Wildman–Crippen MR) is 106 cm³/mol. The lowest BCUT2D eigenvalue weighted by atomic mass is 10.1. The minimum absolute atomic E-state index is 0.194. The summed E-state index contributed by atoms with van der Waals surface area (Å²) in [5.74, 6) is -0.194. The third-order valence-corrected chi connectivity index (χ3v) is 4.16. The smallest absolute Gasteiger partial charge is 0.274 e. The summed E-state index contributed by atoms with van der Waals surface area (Å²) < 4.78 is 0. The number of hydrogen-bond acceptors (Lipinski definition) is 4. The monoisotopic (exact) mass is 340 g/mol. The third-order valence-electron chi connectivity index (χ3n) is 4.16. The van der Waals surface area contributed by atoms with Crippen molar-refractivity contribution >= 4 is 23.0 Å². The van der Waals surface area contributed by atoms with Gasteiger partial charge in [0.25, 0.3) is 5.91 Å². The highest BCUT2D eigenvalue weighted by molar-refractivity contribution is 6.03. The summed E-state index contributed by atoms with van der Waals surface area (Å²) in [6.07, 6.45) is 2.74. The molecule has 2 N–H and O–H groups in total. The van der Waals surface area contributed by atoms with E-state index in [9.17, 15) is 4.79 Å². The van der Waals surface area contributed by atoms with E-state index in [-0.39, 0.29) is 5.91 Å². The van der Waals surface area contributed by atoms with Crippen molar-refractivity contribution < 1.29 is 4.79 Å². The lowest BCUT2D eigenvalue weighted by molar-refractivity contribution is 0.102. The first-order valence-corrected chi connectivity index (χ1v) is 8.95. The first-order chi connectivity index (χ1) is 12.1. The van der Waals surface area contributed by atoms with Crippen molar-refractivity contribution in [3.05, 3.63) is 47.8 Å². The molecule has 0 aliphatic rings. The van der Waals surface area contributed by atoms with E-state index in [4.69, 9.17) is 0 Å². The highest BCUT2D eigenvalue weighted by Crippen LogP contribution is 2.23. The van der Waals surface area contributed by atoms with Gasteiger partial charge in [-0.05, 0) is 63.1 Å². The number of nitrogens with zero attached hydrogens (tertiary/aromatic N) is 2. The number of aryl methyl sites for hydroxylation is 1. The van der Waals surface area contributed by atoms with E-state index in [1.54, 1.807) is 12.3 Å². The zero-order valence-corrected chi connectivity index (χ0v) is 15.6. The average Bonchev–Trinajstić information content (AvgIpc) is 2.63. The van der Waals surface area contributed by atoms with Gasteiger partial charge >= 0.3 is 0 Å². The molecule has 0 saturated heterocycles. The SMILES string of the molecule is CCCNc1ccc(C(=O)Nc2ccc(N(CC)CC)cc2C)nc1. The van der Waals surface area contributed by atoms with E-state index in [1.807, 2.05) is 25.1 Å². The maximum Gasteiger partial charge on any atom is 0.274 e. The molecule has 0 bridgehead atoms. The molecule has 0 spiro atoms. The van der Waals surface area contributed by atoms with Crippen LogP contribution in [0.25, 0.3) is 0 Å². The van der Waals surface area contributed by atoms with Crippen LogP contribution in [0.4, 0.5) is 17.1 Å². The number of nitrogens with one attached hydrogen (secondary N) is 2. The van der Waals surface area contributed by atoms with Gasteiger partial charge in [0.1, 0.15) is 5.69 Å². The summed E-state index contributed by atoms with van der Waals surface area (Å²) in [5.41, 5.74) is 4.37. The molecule has 5 nitrogen and oxygen atoms in total. The Labute approximate surface area is 150 Å². The lowest BCUT2D eigenvalue weighted by Crippen LogP contribution is -2.22. The number of anilines is 3. The van der Waals surface area contributed by atoms with Crippen LogP contribution in [0.15, 0.2) is 36.5 Å². The number of rotatable bonds is 8. The van der Waals surface area contributed by atoms with E-state index in [2.05, 4.69) is 47.4 Å². The molecule has 134 valence electrons. The van der Waals surface area contributed by atoms with Gasteiger partial charge in [-0.25, -0.2) is 4.98 Å². The molecule has 2 aromatic rings. The maximum atomic E-state index is 12.4. The fraction of sp³-hybridized carbons (Fsp3) is 0.400. The number of carbonyl (C=O) groups excluding carboxylic acids is 1. The standard InChI is InChI=1S/C20H28N4O/c1-5-12-21-16-8-10-19(22-14-16)20(25)23-18-11-9-17(13-15(18)4)24(6-2)7-3/h8-11,13-14,21H,5-7,12H2,1-4H3,(H,23,25). The van der Waals surface area contributed by atoms with Crippen molar-refractivity contribution in [1.82, 2.24) is 4.98 Å². The lowest BCUT2D eigenvalue weighted by Gasteiger charge is -2.22. The fourth-order valence-corrected chi connectivity index (χ4v) is 2.66. The van der Waals surface area contributed by atoms with Gasteiger partial charge in [0.15, 0.2) is 0 Å². The van der Waals surface area contributed by atoms with Crippen LogP contribution in [-0.2, 0) is 0 Å². The number of amides is 1. The van der Waals surface area contributed by atoms with Crippen LogP contribution in [-0.4, -0.2) is 30.5 Å². The summed E-state index contributed by atoms with van der Waals surface area (Å²) >= 11 is 0. The Hall–Kier alpha value is -2.56. The van der Waals surface area contributed by atoms with Crippen molar-refractivity contribution in [3.8, 4) is 0 Å². The molecule has 1 aromatic carbocycles. The molecule has 0 saturated carbocycles. The zero-order valence-electron chi connectivity index (χ0n) is 15.6. The number of aromatic nitrogens is 1. The number of carbonyl (C=O) groups is 1. The summed E-state index contributed by atoms with van der Waals surface area (Å²) in [6.45, 7) is 11.2. The van der Waals surface area contributed by atoms with E-state index >= 15 is 0 Å². The molecule has 0 unspecified atom stereocenters. The summed E-state index contributed by atoms with van der Waals surface area (Å²) in [6, 6.07) is 9.73. The van der Waals surface area contributed by atoms with Gasteiger partial charge in [0.2, 0.25) is 0 Å². The third kappa shape index (κ3) is 4.95. The molecule has 1 aromatic heterocycles. The molecular formula is C20H28N4O. The van der Waals surface area contributed by atoms with Gasteiger partial charge in [0, 0.05) is 31.0 Å². The second-order valence-corrected chi connectivity index (χ2v) is 5.98. The zero-order chi connectivity index (χ0) is 18.2. The molecule has 0 aliphatic heterocycles. The number of benzene rings is 1. The molecule has 1 heterocycles. The first kappa shape index (κ1) is 18.8. The van der Waals surface area contributed by atoms with Gasteiger partial charge in [-0.2, -0.15) is 0 Å². The first-order valence-electron chi connectivity index (χ1n) is 8.95. The van der Waals surface area contributed by atoms with Crippen LogP contribution >= 0.6 is 0 Å². The molecule has 5 heteroatoms. The quantitative estimate of drug-likeness (QED) is 0.752. The summed E-state index contributed by atoms with van der Waals surface area (Å²) in [4.78, 5) is 18.9. The maximum absolute atomic E-state index is 12.4. The second-order valence-electron chi connectivity index (χ2n) is 5.98. The highest BCUT2D eigenvalue weighted by atomic mass is 16.1. The van der Waals surface area contributed by atoms with Crippen LogP contribution in [0.5, 0.6) is 0 Å². The van der Waals surface area contributed by atoms with Gasteiger partial charge < -0.3 is 15.5 Å². The number of pyridine rings is 1. The Balaban J connectivity index is 2.07. The van der Waals surface area contributed by atoms with Crippen LogP contribution < -0.4 is 15.5 Å². The summed E-state index contributed by atoms with van der Waals surface area (Å²) in [5, 5.41) is 6.20. The highest BCUT2D eigenvalue weighted by Gasteiger charge is 2.10. The van der Waals surface area contributed by atoms with Gasteiger partial charge in [-0.1, -0.05) is 6.92 Å². The van der Waals surface area contributed by atoms with Gasteiger partial charge in [-0.15, -0.1) is 0 Å². The van der Waals surface area contributed by atoms with Gasteiger partial charge in [0.05, 0.1) is 11.9 Å². The Kier molecular flexibility index (Phi) is 6.81. The van der Waals surface area contributed by atoms with E-state index in [1.165, 1.54) is 5.69 Å². The molecule has 0 atom stereocenters. The Morgan fingerprint density at radius 3 is 2.44 bits per heavy atom. The average molecular weight is 340 g/mol. The van der Waals surface area contributed by atoms with E-state index in [0.717, 1.165) is 43.0 Å². The normalized spacial score (nSPS) is 10.4. The summed E-state index contributed by atoms with van der Waals surface area (Å²) in [7, 11) is 0. The van der Waals surface area contributed by atoms with Crippen LogP contribution in [0.3, 0.4) is 0 Å².